The summed E-state index contributed by atoms with van der Waals surface area (Å²) in [5.41, 5.74) is 0.918. The van der Waals surface area contributed by atoms with E-state index >= 15 is 0 Å². The summed E-state index contributed by atoms with van der Waals surface area (Å²) in [5, 5.41) is 11.3. The van der Waals surface area contributed by atoms with Gasteiger partial charge in [0.1, 0.15) is 11.6 Å². The molecule has 0 unspecified atom stereocenters. The van der Waals surface area contributed by atoms with E-state index in [-0.39, 0.29) is 22.4 Å². The van der Waals surface area contributed by atoms with Crippen LogP contribution in [0.25, 0.3) is 11.5 Å². The van der Waals surface area contributed by atoms with Crippen molar-refractivity contribution < 1.29 is 18.0 Å². The molecule has 1 aromatic heterocycles. The molecule has 140 valence electrons. The van der Waals surface area contributed by atoms with Gasteiger partial charge in [0, 0.05) is 22.2 Å². The molecule has 3 rings (SSSR count). The highest BCUT2D eigenvalue weighted by atomic mass is 35.5. The van der Waals surface area contributed by atoms with E-state index < -0.39 is 17.7 Å². The minimum Gasteiger partial charge on any atom is -0.411 e. The van der Waals surface area contributed by atoms with Crippen LogP contribution in [0.4, 0.5) is 8.78 Å². The van der Waals surface area contributed by atoms with Crippen molar-refractivity contribution in [2.75, 3.05) is 5.75 Å². The van der Waals surface area contributed by atoms with E-state index in [1.165, 1.54) is 6.07 Å². The number of halogens is 3. The van der Waals surface area contributed by atoms with Crippen molar-refractivity contribution in [2.24, 2.45) is 0 Å². The first kappa shape index (κ1) is 19.3. The van der Waals surface area contributed by atoms with Crippen LogP contribution in [0.2, 0.25) is 5.02 Å². The van der Waals surface area contributed by atoms with Crippen molar-refractivity contribution >= 4 is 29.3 Å². The van der Waals surface area contributed by atoms with E-state index in [0.717, 1.165) is 23.9 Å². The molecular weight excluding hydrogens is 396 g/mol. The molecule has 27 heavy (non-hydrogen) atoms. The predicted molar refractivity (Wildman–Crippen MR) is 98.4 cm³/mol. The first-order chi connectivity index (χ1) is 12.9. The van der Waals surface area contributed by atoms with E-state index in [4.69, 9.17) is 16.0 Å². The minimum atomic E-state index is -0.708. The molecule has 9 heteroatoms. The van der Waals surface area contributed by atoms with Gasteiger partial charge in [-0.1, -0.05) is 29.4 Å². The van der Waals surface area contributed by atoms with Gasteiger partial charge in [0.2, 0.25) is 11.8 Å². The molecule has 1 amide bonds. The molecule has 3 aromatic rings. The van der Waals surface area contributed by atoms with Gasteiger partial charge in [-0.05, 0) is 37.3 Å². The maximum absolute atomic E-state index is 13.8. The van der Waals surface area contributed by atoms with Crippen molar-refractivity contribution in [3.05, 3.63) is 64.7 Å². The number of nitrogens with zero attached hydrogens (tertiary/aromatic N) is 2. The van der Waals surface area contributed by atoms with Crippen LogP contribution < -0.4 is 5.32 Å². The van der Waals surface area contributed by atoms with Gasteiger partial charge in [-0.25, -0.2) is 8.78 Å². The van der Waals surface area contributed by atoms with Crippen molar-refractivity contribution in [1.82, 2.24) is 15.5 Å². The lowest BCUT2D eigenvalue weighted by atomic mass is 10.1. The molecule has 0 saturated heterocycles. The summed E-state index contributed by atoms with van der Waals surface area (Å²) in [6.45, 7) is 1.62. The smallest absolute Gasteiger partial charge is 0.277 e. The van der Waals surface area contributed by atoms with Crippen LogP contribution in [0.3, 0.4) is 0 Å². The van der Waals surface area contributed by atoms with Crippen molar-refractivity contribution in [1.29, 1.82) is 0 Å². The van der Waals surface area contributed by atoms with E-state index in [2.05, 4.69) is 15.5 Å². The zero-order valence-corrected chi connectivity index (χ0v) is 15.7. The standard InChI is InChI=1S/C18H14ClF2N3O2S/c1-10(14-7-6-13(20)8-15(14)21)22-16(25)9-27-18-24-23-17(26-18)11-2-4-12(19)5-3-11/h2-8,10H,9H2,1H3,(H,22,25)/t10-/m0/s1. The number of benzene rings is 2. The third kappa shape index (κ3) is 5.05. The molecule has 0 aliphatic rings. The lowest BCUT2D eigenvalue weighted by molar-refractivity contribution is -0.119. The molecule has 1 N–H and O–H groups in total. The van der Waals surface area contributed by atoms with E-state index in [1.807, 2.05) is 0 Å². The van der Waals surface area contributed by atoms with Crippen LogP contribution in [-0.2, 0) is 4.79 Å². The Kier molecular flexibility index (Phi) is 6.08. The molecule has 0 bridgehead atoms. The third-order valence-corrected chi connectivity index (χ3v) is 4.70. The molecule has 0 radical (unpaired) electrons. The Hall–Kier alpha value is -2.45. The summed E-state index contributed by atoms with van der Waals surface area (Å²) < 4.78 is 32.2. The molecule has 5 nitrogen and oxygen atoms in total. The lowest BCUT2D eigenvalue weighted by Crippen LogP contribution is -2.28. The molecule has 1 heterocycles. The fraction of sp³-hybridized carbons (Fsp3) is 0.167. The first-order valence-electron chi connectivity index (χ1n) is 7.89. The van der Waals surface area contributed by atoms with Gasteiger partial charge in [-0.3, -0.25) is 4.79 Å². The Morgan fingerprint density at radius 1 is 1.22 bits per heavy atom. The average Bonchev–Trinajstić information content (AvgIpc) is 3.09. The van der Waals surface area contributed by atoms with Gasteiger partial charge in [0.05, 0.1) is 11.8 Å². The number of amides is 1. The second kappa shape index (κ2) is 8.49. The molecule has 0 aliphatic heterocycles. The second-order valence-electron chi connectivity index (χ2n) is 5.62. The minimum absolute atomic E-state index is 0.00933. The molecule has 0 spiro atoms. The number of thioether (sulfide) groups is 1. The number of rotatable bonds is 6. The molecule has 1 atom stereocenters. The van der Waals surface area contributed by atoms with Gasteiger partial charge in [0.15, 0.2) is 0 Å². The Morgan fingerprint density at radius 2 is 1.96 bits per heavy atom. The fourth-order valence-electron chi connectivity index (χ4n) is 2.32. The van der Waals surface area contributed by atoms with Crippen LogP contribution in [0.5, 0.6) is 0 Å². The summed E-state index contributed by atoms with van der Waals surface area (Å²) >= 11 is 6.89. The normalized spacial score (nSPS) is 12.0. The number of hydrogen-bond donors (Lipinski definition) is 1. The highest BCUT2D eigenvalue weighted by Gasteiger charge is 2.16. The number of hydrogen-bond acceptors (Lipinski definition) is 5. The zero-order valence-electron chi connectivity index (χ0n) is 14.1. The molecule has 0 saturated carbocycles. The Bertz CT molecular complexity index is 950. The highest BCUT2D eigenvalue weighted by Crippen LogP contribution is 2.24. The Balaban J connectivity index is 1.55. The van der Waals surface area contributed by atoms with E-state index in [9.17, 15) is 13.6 Å². The molecule has 0 aliphatic carbocycles. The van der Waals surface area contributed by atoms with Crippen molar-refractivity contribution in [2.45, 2.75) is 18.2 Å². The second-order valence-corrected chi connectivity index (χ2v) is 6.99. The summed E-state index contributed by atoms with van der Waals surface area (Å²) in [5.74, 6) is -1.40. The average molecular weight is 410 g/mol. The molecular formula is C18H14ClF2N3O2S. The quantitative estimate of drug-likeness (QED) is 0.601. The summed E-state index contributed by atoms with van der Waals surface area (Å²) in [4.78, 5) is 12.1. The Labute approximate surface area is 163 Å². The fourth-order valence-corrected chi connectivity index (χ4v) is 3.02. The summed E-state index contributed by atoms with van der Waals surface area (Å²) in [7, 11) is 0. The number of aromatic nitrogens is 2. The predicted octanol–water partition coefficient (Wildman–Crippen LogP) is 4.64. The number of nitrogens with one attached hydrogen (secondary N) is 1. The monoisotopic (exact) mass is 409 g/mol. The van der Waals surface area contributed by atoms with Gasteiger partial charge in [-0.15, -0.1) is 10.2 Å². The van der Waals surface area contributed by atoms with Gasteiger partial charge >= 0.3 is 0 Å². The Morgan fingerprint density at radius 3 is 2.67 bits per heavy atom. The van der Waals surface area contributed by atoms with Crippen molar-refractivity contribution in [3.8, 4) is 11.5 Å². The SMILES string of the molecule is C[C@H](NC(=O)CSc1nnc(-c2ccc(Cl)cc2)o1)c1ccc(F)cc1F. The topological polar surface area (TPSA) is 68.0 Å². The van der Waals surface area contributed by atoms with Crippen molar-refractivity contribution in [3.63, 3.8) is 0 Å². The van der Waals surface area contributed by atoms with E-state index in [0.29, 0.717) is 16.5 Å². The maximum atomic E-state index is 13.8. The highest BCUT2D eigenvalue weighted by molar-refractivity contribution is 7.99. The third-order valence-electron chi connectivity index (χ3n) is 3.63. The largest absolute Gasteiger partial charge is 0.411 e. The van der Waals surface area contributed by atoms with Gasteiger partial charge in [0.25, 0.3) is 5.22 Å². The molecule has 2 aromatic carbocycles. The van der Waals surface area contributed by atoms with Gasteiger partial charge < -0.3 is 9.73 Å². The molecule has 0 fully saturated rings. The number of carbonyl (C=O) groups is 1. The van der Waals surface area contributed by atoms with Crippen LogP contribution in [0.15, 0.2) is 52.1 Å². The lowest BCUT2D eigenvalue weighted by Gasteiger charge is -2.14. The van der Waals surface area contributed by atoms with Gasteiger partial charge in [-0.2, -0.15) is 0 Å². The zero-order chi connectivity index (χ0) is 19.4. The van der Waals surface area contributed by atoms with Crippen LogP contribution in [-0.4, -0.2) is 21.9 Å². The van der Waals surface area contributed by atoms with Crippen LogP contribution in [0.1, 0.15) is 18.5 Å². The maximum Gasteiger partial charge on any atom is 0.277 e. The van der Waals surface area contributed by atoms with Crippen LogP contribution in [0, 0.1) is 11.6 Å². The number of carbonyl (C=O) groups excluding carboxylic acids is 1. The summed E-state index contributed by atoms with van der Waals surface area (Å²) in [6, 6.07) is 9.53. The summed E-state index contributed by atoms with van der Waals surface area (Å²) in [6.07, 6.45) is 0. The van der Waals surface area contributed by atoms with Crippen LogP contribution >= 0.6 is 23.4 Å². The first-order valence-corrected chi connectivity index (χ1v) is 9.25. The van der Waals surface area contributed by atoms with E-state index in [1.54, 1.807) is 31.2 Å².